The molecule has 1 atom stereocenters. The van der Waals surface area contributed by atoms with Crippen LogP contribution in [0.4, 0.5) is 5.69 Å². The Morgan fingerprint density at radius 2 is 2.06 bits per heavy atom. The highest BCUT2D eigenvalue weighted by atomic mass is 35.5. The smallest absolute Gasteiger partial charge is 0.242 e. The van der Waals surface area contributed by atoms with E-state index in [0.717, 1.165) is 0 Å². The molecule has 18 heavy (non-hydrogen) atoms. The Hall–Kier alpha value is -0.530. The molecule has 0 fully saturated rings. The molecule has 0 aromatic heterocycles. The predicted molar refractivity (Wildman–Crippen MR) is 72.5 cm³/mol. The molecule has 0 spiro atoms. The van der Waals surface area contributed by atoms with E-state index in [1.165, 1.54) is 19.2 Å². The van der Waals surface area contributed by atoms with Crippen LogP contribution in [-0.2, 0) is 14.8 Å². The van der Waals surface area contributed by atoms with Crippen molar-refractivity contribution in [2.45, 2.75) is 17.9 Å². The van der Waals surface area contributed by atoms with Gasteiger partial charge in [-0.1, -0.05) is 23.2 Å². The lowest BCUT2D eigenvalue weighted by Gasteiger charge is -2.15. The number of rotatable bonds is 5. The standard InChI is InChI=1S/C10H14Cl2N2O3S/c1-6(5-17-2)14-18(15,16)8-4-3-7(11)10(13)9(8)12/h3-4,6,14H,5,13H2,1-2H3. The summed E-state index contributed by atoms with van der Waals surface area (Å²) < 4.78 is 31.4. The van der Waals surface area contributed by atoms with Crippen molar-refractivity contribution in [2.24, 2.45) is 0 Å². The molecule has 0 aliphatic heterocycles. The van der Waals surface area contributed by atoms with E-state index < -0.39 is 10.0 Å². The summed E-state index contributed by atoms with van der Waals surface area (Å²) in [5.74, 6) is 0. The van der Waals surface area contributed by atoms with Crippen molar-refractivity contribution in [2.75, 3.05) is 19.5 Å². The SMILES string of the molecule is COCC(C)NS(=O)(=O)c1ccc(Cl)c(N)c1Cl. The highest BCUT2D eigenvalue weighted by Crippen LogP contribution is 2.32. The number of halogens is 2. The van der Waals surface area contributed by atoms with E-state index >= 15 is 0 Å². The van der Waals surface area contributed by atoms with E-state index in [2.05, 4.69) is 4.72 Å². The summed E-state index contributed by atoms with van der Waals surface area (Å²) >= 11 is 11.6. The van der Waals surface area contributed by atoms with Crippen LogP contribution in [0.2, 0.25) is 10.0 Å². The Morgan fingerprint density at radius 1 is 1.44 bits per heavy atom. The van der Waals surface area contributed by atoms with Gasteiger partial charge in [0.25, 0.3) is 0 Å². The van der Waals surface area contributed by atoms with Gasteiger partial charge in [0.1, 0.15) is 4.90 Å². The van der Waals surface area contributed by atoms with Gasteiger partial charge in [0.15, 0.2) is 0 Å². The summed E-state index contributed by atoms with van der Waals surface area (Å²) in [7, 11) is -2.27. The Kier molecular flexibility index (Phi) is 5.24. The van der Waals surface area contributed by atoms with E-state index in [0.29, 0.717) is 0 Å². The number of ether oxygens (including phenoxy) is 1. The fourth-order valence-electron chi connectivity index (χ4n) is 1.37. The van der Waals surface area contributed by atoms with Gasteiger partial charge < -0.3 is 10.5 Å². The Bertz CT molecular complexity index is 534. The average Bonchev–Trinajstić information content (AvgIpc) is 2.25. The lowest BCUT2D eigenvalue weighted by Crippen LogP contribution is -2.35. The first kappa shape index (κ1) is 15.5. The topological polar surface area (TPSA) is 81.4 Å². The van der Waals surface area contributed by atoms with Crippen molar-refractivity contribution in [1.29, 1.82) is 0 Å². The lowest BCUT2D eigenvalue weighted by atomic mass is 10.3. The number of anilines is 1. The quantitative estimate of drug-likeness (QED) is 0.813. The minimum atomic E-state index is -3.75. The van der Waals surface area contributed by atoms with Crippen LogP contribution in [0.1, 0.15) is 6.92 Å². The maximum atomic E-state index is 12.1. The number of hydrogen-bond acceptors (Lipinski definition) is 4. The first-order valence-electron chi connectivity index (χ1n) is 5.04. The van der Waals surface area contributed by atoms with Crippen LogP contribution in [0.3, 0.4) is 0 Å². The molecule has 0 aliphatic rings. The second-order valence-electron chi connectivity index (χ2n) is 3.75. The van der Waals surface area contributed by atoms with Crippen LogP contribution in [-0.4, -0.2) is 28.2 Å². The van der Waals surface area contributed by atoms with E-state index in [1.54, 1.807) is 6.92 Å². The molecule has 1 rings (SSSR count). The lowest BCUT2D eigenvalue weighted by molar-refractivity contribution is 0.180. The number of nitrogens with one attached hydrogen (secondary N) is 1. The summed E-state index contributed by atoms with van der Waals surface area (Å²) in [4.78, 5) is -0.103. The van der Waals surface area contributed by atoms with Crippen molar-refractivity contribution >= 4 is 38.9 Å². The third kappa shape index (κ3) is 3.49. The third-order valence-corrected chi connectivity index (χ3v) is 4.63. The summed E-state index contributed by atoms with van der Waals surface area (Å²) in [5, 5.41) is 0.128. The Labute approximate surface area is 116 Å². The minimum Gasteiger partial charge on any atom is -0.396 e. The van der Waals surface area contributed by atoms with Gasteiger partial charge >= 0.3 is 0 Å². The number of nitrogen functional groups attached to an aromatic ring is 1. The molecule has 102 valence electrons. The largest absolute Gasteiger partial charge is 0.396 e. The van der Waals surface area contributed by atoms with Crippen LogP contribution in [0, 0.1) is 0 Å². The molecule has 8 heteroatoms. The van der Waals surface area contributed by atoms with E-state index in [1.807, 2.05) is 0 Å². The molecule has 0 heterocycles. The maximum Gasteiger partial charge on any atom is 0.242 e. The molecule has 1 aromatic rings. The Balaban J connectivity index is 3.10. The van der Waals surface area contributed by atoms with Crippen LogP contribution in [0.5, 0.6) is 0 Å². The van der Waals surface area contributed by atoms with Crippen LogP contribution in [0.25, 0.3) is 0 Å². The number of sulfonamides is 1. The number of hydrogen-bond donors (Lipinski definition) is 2. The average molecular weight is 313 g/mol. The first-order chi connectivity index (χ1) is 8.29. The van der Waals surface area contributed by atoms with Crippen molar-refractivity contribution < 1.29 is 13.2 Å². The van der Waals surface area contributed by atoms with Gasteiger partial charge in [0.2, 0.25) is 10.0 Å². The fourth-order valence-corrected chi connectivity index (χ4v) is 3.36. The monoisotopic (exact) mass is 312 g/mol. The number of nitrogens with two attached hydrogens (primary N) is 1. The van der Waals surface area contributed by atoms with E-state index in [9.17, 15) is 8.42 Å². The van der Waals surface area contributed by atoms with Crippen molar-refractivity contribution in [3.63, 3.8) is 0 Å². The molecule has 5 nitrogen and oxygen atoms in total. The summed E-state index contributed by atoms with van der Waals surface area (Å²) in [5.41, 5.74) is 5.63. The zero-order valence-electron chi connectivity index (χ0n) is 9.91. The first-order valence-corrected chi connectivity index (χ1v) is 7.28. The van der Waals surface area contributed by atoms with Crippen LogP contribution >= 0.6 is 23.2 Å². The zero-order valence-corrected chi connectivity index (χ0v) is 12.2. The van der Waals surface area contributed by atoms with Crippen molar-refractivity contribution in [3.8, 4) is 0 Å². The van der Waals surface area contributed by atoms with Gasteiger partial charge in [-0.25, -0.2) is 13.1 Å². The third-order valence-electron chi connectivity index (χ3n) is 2.15. The normalized spacial score (nSPS) is 13.6. The predicted octanol–water partition coefficient (Wildman–Crippen LogP) is 1.89. The Morgan fingerprint density at radius 3 is 2.61 bits per heavy atom. The van der Waals surface area contributed by atoms with Crippen LogP contribution < -0.4 is 10.5 Å². The summed E-state index contributed by atoms with van der Waals surface area (Å²) in [6, 6.07) is 2.31. The van der Waals surface area contributed by atoms with Gasteiger partial charge in [-0.15, -0.1) is 0 Å². The molecule has 0 aliphatic carbocycles. The van der Waals surface area contributed by atoms with Gasteiger partial charge in [-0.2, -0.15) is 0 Å². The molecule has 0 radical (unpaired) electrons. The molecule has 0 amide bonds. The van der Waals surface area contributed by atoms with E-state index in [-0.39, 0.29) is 33.3 Å². The number of methoxy groups -OCH3 is 1. The van der Waals surface area contributed by atoms with Crippen molar-refractivity contribution in [3.05, 3.63) is 22.2 Å². The maximum absolute atomic E-state index is 12.1. The van der Waals surface area contributed by atoms with Gasteiger partial charge in [0, 0.05) is 13.2 Å². The van der Waals surface area contributed by atoms with Gasteiger partial charge in [-0.3, -0.25) is 0 Å². The molecule has 1 aromatic carbocycles. The molecule has 0 saturated heterocycles. The molecule has 3 N–H and O–H groups in total. The van der Waals surface area contributed by atoms with Crippen LogP contribution in [0.15, 0.2) is 17.0 Å². The zero-order chi connectivity index (χ0) is 13.9. The fraction of sp³-hybridized carbons (Fsp3) is 0.400. The second kappa shape index (κ2) is 6.08. The van der Waals surface area contributed by atoms with Gasteiger partial charge in [0.05, 0.1) is 22.3 Å². The van der Waals surface area contributed by atoms with E-state index in [4.69, 9.17) is 33.7 Å². The highest BCUT2D eigenvalue weighted by Gasteiger charge is 2.22. The van der Waals surface area contributed by atoms with Crippen molar-refractivity contribution in [1.82, 2.24) is 4.72 Å². The highest BCUT2D eigenvalue weighted by molar-refractivity contribution is 7.89. The summed E-state index contributed by atoms with van der Waals surface area (Å²) in [6.07, 6.45) is 0. The molecule has 0 saturated carbocycles. The summed E-state index contributed by atoms with van der Waals surface area (Å²) in [6.45, 7) is 1.92. The molecular weight excluding hydrogens is 299 g/mol. The number of benzene rings is 1. The molecular formula is C10H14Cl2N2O3S. The second-order valence-corrected chi connectivity index (χ2v) is 6.22. The van der Waals surface area contributed by atoms with Gasteiger partial charge in [-0.05, 0) is 19.1 Å². The molecule has 1 unspecified atom stereocenters. The minimum absolute atomic E-state index is 0.0422. The molecule has 0 bridgehead atoms.